The van der Waals surface area contributed by atoms with Crippen LogP contribution in [0.2, 0.25) is 0 Å². The Kier molecular flexibility index (Phi) is 4.52. The summed E-state index contributed by atoms with van der Waals surface area (Å²) in [6, 6.07) is 15.9. The second kappa shape index (κ2) is 6.91. The predicted octanol–water partition coefficient (Wildman–Crippen LogP) is 3.27. The fraction of sp³-hybridized carbons (Fsp3) is 0.105. The van der Waals surface area contributed by atoms with Crippen molar-refractivity contribution in [1.82, 2.24) is 10.4 Å². The van der Waals surface area contributed by atoms with E-state index >= 15 is 0 Å². The van der Waals surface area contributed by atoms with Crippen molar-refractivity contribution in [3.05, 3.63) is 71.4 Å². The lowest BCUT2D eigenvalue weighted by atomic mass is 10.1. The lowest BCUT2D eigenvalue weighted by Crippen LogP contribution is -2.18. The Morgan fingerprint density at radius 1 is 1.21 bits per heavy atom. The van der Waals surface area contributed by atoms with Gasteiger partial charge in [-0.2, -0.15) is 5.10 Å². The van der Waals surface area contributed by atoms with Crippen LogP contribution in [0.5, 0.6) is 5.75 Å². The normalized spacial score (nSPS) is 11.0. The van der Waals surface area contributed by atoms with E-state index in [1.54, 1.807) is 30.3 Å². The maximum absolute atomic E-state index is 12.5. The number of phenolic OH excluding ortho intramolecular Hbond substituents is 1. The molecule has 0 bridgehead atoms. The van der Waals surface area contributed by atoms with Crippen LogP contribution in [-0.2, 0) is 6.42 Å². The Morgan fingerprint density at radius 2 is 1.96 bits per heavy atom. The Balaban J connectivity index is 1.84. The Morgan fingerprint density at radius 3 is 2.71 bits per heavy atom. The molecule has 0 atom stereocenters. The zero-order chi connectivity index (χ0) is 16.9. The van der Waals surface area contributed by atoms with E-state index in [2.05, 4.69) is 15.5 Å². The third-order valence-corrected chi connectivity index (χ3v) is 3.65. The van der Waals surface area contributed by atoms with Gasteiger partial charge in [0.15, 0.2) is 0 Å². The SMILES string of the molecule is CCc1cc(C(=O)N/N=C\c2ccc(O)cc2)c2ccccc2n1. The molecule has 0 saturated heterocycles. The molecule has 1 heterocycles. The quantitative estimate of drug-likeness (QED) is 0.572. The molecule has 1 aromatic heterocycles. The number of amides is 1. The average Bonchev–Trinajstić information content (AvgIpc) is 2.62. The molecule has 3 aromatic rings. The summed E-state index contributed by atoms with van der Waals surface area (Å²) in [6.07, 6.45) is 2.28. The first-order chi connectivity index (χ1) is 11.7. The topological polar surface area (TPSA) is 74.6 Å². The third-order valence-electron chi connectivity index (χ3n) is 3.65. The molecular formula is C19H17N3O2. The van der Waals surface area contributed by atoms with Gasteiger partial charge >= 0.3 is 0 Å². The number of aromatic hydroxyl groups is 1. The number of carbonyl (C=O) groups is 1. The number of rotatable bonds is 4. The number of phenols is 1. The maximum atomic E-state index is 12.5. The van der Waals surface area contributed by atoms with E-state index < -0.39 is 0 Å². The van der Waals surface area contributed by atoms with Gasteiger partial charge in [-0.1, -0.05) is 25.1 Å². The van der Waals surface area contributed by atoms with Crippen molar-refractivity contribution in [2.75, 3.05) is 0 Å². The van der Waals surface area contributed by atoms with Crippen molar-refractivity contribution in [1.29, 1.82) is 0 Å². The molecule has 0 radical (unpaired) electrons. The Bertz CT molecular complexity index is 902. The number of benzene rings is 2. The van der Waals surface area contributed by atoms with Crippen LogP contribution in [0, 0.1) is 0 Å². The summed E-state index contributed by atoms with van der Waals surface area (Å²) in [7, 11) is 0. The molecule has 0 unspecified atom stereocenters. The molecule has 120 valence electrons. The standard InChI is InChI=1S/C19H17N3O2/c1-2-14-11-17(16-5-3-4-6-18(16)21-14)19(24)22-20-12-13-7-9-15(23)10-8-13/h3-12,23H,2H2,1H3,(H,22,24)/b20-12-. The highest BCUT2D eigenvalue weighted by molar-refractivity contribution is 6.06. The molecular weight excluding hydrogens is 302 g/mol. The summed E-state index contributed by atoms with van der Waals surface area (Å²) < 4.78 is 0. The molecule has 0 aliphatic carbocycles. The van der Waals surface area contributed by atoms with Crippen LogP contribution in [0.4, 0.5) is 0 Å². The van der Waals surface area contributed by atoms with Gasteiger partial charge in [-0.05, 0) is 48.4 Å². The number of carbonyl (C=O) groups excluding carboxylic acids is 1. The minimum Gasteiger partial charge on any atom is -0.508 e. The Labute approximate surface area is 139 Å². The zero-order valence-corrected chi connectivity index (χ0v) is 13.2. The number of hydrogen-bond donors (Lipinski definition) is 2. The second-order valence-corrected chi connectivity index (χ2v) is 5.32. The fourth-order valence-electron chi connectivity index (χ4n) is 2.39. The number of hydrazone groups is 1. The highest BCUT2D eigenvalue weighted by atomic mass is 16.3. The van der Waals surface area contributed by atoms with Gasteiger partial charge in [0.05, 0.1) is 17.3 Å². The van der Waals surface area contributed by atoms with Gasteiger partial charge in [0.1, 0.15) is 5.75 Å². The summed E-state index contributed by atoms with van der Waals surface area (Å²) in [6.45, 7) is 2.00. The lowest BCUT2D eigenvalue weighted by Gasteiger charge is -2.07. The number of hydrogen-bond acceptors (Lipinski definition) is 4. The van der Waals surface area contributed by atoms with E-state index in [0.717, 1.165) is 28.6 Å². The van der Waals surface area contributed by atoms with Gasteiger partial charge in [0.2, 0.25) is 0 Å². The summed E-state index contributed by atoms with van der Waals surface area (Å²) in [5.74, 6) is -0.0927. The summed E-state index contributed by atoms with van der Waals surface area (Å²) in [5, 5.41) is 14.0. The van der Waals surface area contributed by atoms with Crippen molar-refractivity contribution in [2.24, 2.45) is 5.10 Å². The lowest BCUT2D eigenvalue weighted by molar-refractivity contribution is 0.0956. The number of aryl methyl sites for hydroxylation is 1. The van der Waals surface area contributed by atoms with Crippen LogP contribution in [0.15, 0.2) is 59.7 Å². The largest absolute Gasteiger partial charge is 0.508 e. The first-order valence-corrected chi connectivity index (χ1v) is 7.68. The molecule has 3 rings (SSSR count). The summed E-state index contributed by atoms with van der Waals surface area (Å²) in [5.41, 5.74) is 5.54. The molecule has 0 saturated carbocycles. The van der Waals surface area contributed by atoms with Gasteiger partial charge in [0, 0.05) is 11.1 Å². The highest BCUT2D eigenvalue weighted by Crippen LogP contribution is 2.18. The molecule has 5 heteroatoms. The van der Waals surface area contributed by atoms with Crippen molar-refractivity contribution >= 4 is 23.0 Å². The van der Waals surface area contributed by atoms with Crippen LogP contribution >= 0.6 is 0 Å². The zero-order valence-electron chi connectivity index (χ0n) is 13.2. The van der Waals surface area contributed by atoms with Gasteiger partial charge in [-0.3, -0.25) is 9.78 Å². The minimum absolute atomic E-state index is 0.187. The molecule has 0 spiro atoms. The predicted molar refractivity (Wildman–Crippen MR) is 94.3 cm³/mol. The number of aromatic nitrogens is 1. The van der Waals surface area contributed by atoms with Crippen molar-refractivity contribution in [2.45, 2.75) is 13.3 Å². The first-order valence-electron chi connectivity index (χ1n) is 7.68. The van der Waals surface area contributed by atoms with Crippen LogP contribution in [0.1, 0.15) is 28.5 Å². The van der Waals surface area contributed by atoms with E-state index in [0.29, 0.717) is 5.56 Å². The van der Waals surface area contributed by atoms with E-state index in [1.165, 1.54) is 6.21 Å². The van der Waals surface area contributed by atoms with Gasteiger partial charge in [-0.15, -0.1) is 0 Å². The van der Waals surface area contributed by atoms with Crippen LogP contribution in [0.3, 0.4) is 0 Å². The molecule has 1 amide bonds. The Hall–Kier alpha value is -3.21. The van der Waals surface area contributed by atoms with Gasteiger partial charge < -0.3 is 5.11 Å². The van der Waals surface area contributed by atoms with Gasteiger partial charge in [-0.25, -0.2) is 5.43 Å². The molecule has 5 nitrogen and oxygen atoms in total. The van der Waals surface area contributed by atoms with Crippen molar-refractivity contribution < 1.29 is 9.90 Å². The molecule has 2 aromatic carbocycles. The first kappa shape index (κ1) is 15.7. The number of fused-ring (bicyclic) bond motifs is 1. The summed E-state index contributed by atoms with van der Waals surface area (Å²) >= 11 is 0. The smallest absolute Gasteiger partial charge is 0.272 e. The molecule has 0 fully saturated rings. The van der Waals surface area contributed by atoms with Crippen molar-refractivity contribution in [3.63, 3.8) is 0 Å². The monoisotopic (exact) mass is 319 g/mol. The van der Waals surface area contributed by atoms with Crippen molar-refractivity contribution in [3.8, 4) is 5.75 Å². The van der Waals surface area contributed by atoms with E-state index in [1.807, 2.05) is 31.2 Å². The number of nitrogens with zero attached hydrogens (tertiary/aromatic N) is 2. The van der Waals surface area contributed by atoms with E-state index in [-0.39, 0.29) is 11.7 Å². The fourth-order valence-corrected chi connectivity index (χ4v) is 2.39. The average molecular weight is 319 g/mol. The van der Waals surface area contributed by atoms with Crippen LogP contribution in [-0.4, -0.2) is 22.2 Å². The second-order valence-electron chi connectivity index (χ2n) is 5.32. The van der Waals surface area contributed by atoms with E-state index in [9.17, 15) is 9.90 Å². The molecule has 2 N–H and O–H groups in total. The van der Waals surface area contributed by atoms with E-state index in [4.69, 9.17) is 0 Å². The van der Waals surface area contributed by atoms with Crippen LogP contribution in [0.25, 0.3) is 10.9 Å². The maximum Gasteiger partial charge on any atom is 0.272 e. The molecule has 0 aliphatic heterocycles. The molecule has 24 heavy (non-hydrogen) atoms. The number of nitrogens with one attached hydrogen (secondary N) is 1. The van der Waals surface area contributed by atoms with Crippen LogP contribution < -0.4 is 5.43 Å². The summed E-state index contributed by atoms with van der Waals surface area (Å²) in [4.78, 5) is 17.0. The highest BCUT2D eigenvalue weighted by Gasteiger charge is 2.11. The number of para-hydroxylation sites is 1. The third kappa shape index (κ3) is 3.41. The number of pyridine rings is 1. The van der Waals surface area contributed by atoms with Gasteiger partial charge in [0.25, 0.3) is 5.91 Å². The molecule has 0 aliphatic rings. The minimum atomic E-state index is -0.279.